The van der Waals surface area contributed by atoms with Crippen LogP contribution < -0.4 is 5.32 Å². The van der Waals surface area contributed by atoms with Crippen LogP contribution in [0.25, 0.3) is 5.69 Å². The highest BCUT2D eigenvalue weighted by Gasteiger charge is 2.17. The Bertz CT molecular complexity index is 973. The number of tetrazole rings is 1. The van der Waals surface area contributed by atoms with Gasteiger partial charge in [-0.25, -0.2) is 0 Å². The zero-order chi connectivity index (χ0) is 19.4. The highest BCUT2D eigenvalue weighted by molar-refractivity contribution is 9.11. The fourth-order valence-corrected chi connectivity index (χ4v) is 4.10. The van der Waals surface area contributed by atoms with Crippen LogP contribution >= 0.6 is 39.0 Å². The Hall–Kier alpha value is -2.24. The van der Waals surface area contributed by atoms with E-state index in [0.717, 1.165) is 9.47 Å². The summed E-state index contributed by atoms with van der Waals surface area (Å²) in [5.74, 6) is -0.492. The molecular weight excluding hydrogens is 452 g/mol. The molecule has 2 amide bonds. The zero-order valence-corrected chi connectivity index (χ0v) is 17.6. The van der Waals surface area contributed by atoms with Gasteiger partial charge in [0.2, 0.25) is 11.1 Å². The minimum absolute atomic E-state index is 0.0560. The van der Waals surface area contributed by atoms with Gasteiger partial charge in [-0.1, -0.05) is 17.8 Å². The number of hydrogen-bond acceptors (Lipinski definition) is 7. The Morgan fingerprint density at radius 3 is 2.85 bits per heavy atom. The maximum Gasteiger partial charge on any atom is 0.264 e. The van der Waals surface area contributed by atoms with Crippen LogP contribution in [0.4, 0.5) is 5.69 Å². The lowest BCUT2D eigenvalue weighted by molar-refractivity contribution is -0.116. The normalized spacial score (nSPS) is 10.6. The van der Waals surface area contributed by atoms with E-state index in [1.807, 2.05) is 12.3 Å². The molecule has 0 radical (unpaired) electrons. The van der Waals surface area contributed by atoms with Gasteiger partial charge in [-0.3, -0.25) is 9.59 Å². The fraction of sp³-hybridized carbons (Fsp3) is 0.188. The first-order valence-electron chi connectivity index (χ1n) is 7.71. The summed E-state index contributed by atoms with van der Waals surface area (Å²) in [4.78, 5) is 26.6. The molecule has 0 aliphatic heterocycles. The van der Waals surface area contributed by atoms with Crippen LogP contribution in [0.15, 0.2) is 45.3 Å². The molecule has 27 heavy (non-hydrogen) atoms. The second-order valence-corrected chi connectivity index (χ2v) is 8.68. The molecule has 0 saturated heterocycles. The maximum atomic E-state index is 12.3. The Morgan fingerprint density at radius 1 is 1.33 bits per heavy atom. The molecule has 3 rings (SSSR count). The van der Waals surface area contributed by atoms with Crippen molar-refractivity contribution < 1.29 is 9.59 Å². The molecule has 0 saturated carbocycles. The van der Waals surface area contributed by atoms with Crippen molar-refractivity contribution in [1.29, 1.82) is 0 Å². The summed E-state index contributed by atoms with van der Waals surface area (Å²) in [5, 5.41) is 15.0. The van der Waals surface area contributed by atoms with Crippen molar-refractivity contribution in [2.45, 2.75) is 5.16 Å². The average Bonchev–Trinajstić information content (AvgIpc) is 3.29. The third-order valence-corrected chi connectivity index (χ3v) is 5.74. The minimum Gasteiger partial charge on any atom is -0.332 e. The Morgan fingerprint density at radius 2 is 2.15 bits per heavy atom. The van der Waals surface area contributed by atoms with Gasteiger partial charge in [0.1, 0.15) is 0 Å². The largest absolute Gasteiger partial charge is 0.332 e. The first-order chi connectivity index (χ1) is 13.0. The van der Waals surface area contributed by atoms with Crippen LogP contribution in [-0.2, 0) is 4.79 Å². The molecule has 8 nitrogen and oxygen atoms in total. The molecule has 0 spiro atoms. The monoisotopic (exact) mass is 466 g/mol. The number of hydrogen-bond donors (Lipinski definition) is 1. The quantitative estimate of drug-likeness (QED) is 0.561. The van der Waals surface area contributed by atoms with Gasteiger partial charge in [-0.15, -0.1) is 16.4 Å². The number of benzene rings is 1. The van der Waals surface area contributed by atoms with Crippen LogP contribution in [0.3, 0.4) is 0 Å². The summed E-state index contributed by atoms with van der Waals surface area (Å²) in [6.45, 7) is -0.0560. The Kier molecular flexibility index (Phi) is 6.24. The number of rotatable bonds is 6. The molecule has 2 heterocycles. The van der Waals surface area contributed by atoms with Gasteiger partial charge in [-0.05, 0) is 62.9 Å². The van der Waals surface area contributed by atoms with Crippen LogP contribution in [0.5, 0.6) is 0 Å². The van der Waals surface area contributed by atoms with E-state index < -0.39 is 0 Å². The van der Waals surface area contributed by atoms with Gasteiger partial charge in [0, 0.05) is 12.7 Å². The van der Waals surface area contributed by atoms with E-state index in [-0.39, 0.29) is 18.4 Å². The van der Waals surface area contributed by atoms with Crippen molar-refractivity contribution in [1.82, 2.24) is 25.1 Å². The number of aromatic nitrogens is 4. The Balaban J connectivity index is 1.66. The number of likely N-dealkylation sites (N-methyl/N-ethyl adjacent to an activating group) is 1. The number of thiophene rings is 1. The number of carbonyl (C=O) groups excluding carboxylic acids is 2. The van der Waals surface area contributed by atoms with E-state index in [0.29, 0.717) is 15.7 Å². The highest BCUT2D eigenvalue weighted by Crippen LogP contribution is 2.23. The smallest absolute Gasteiger partial charge is 0.264 e. The second kappa shape index (κ2) is 8.63. The number of nitrogens with one attached hydrogen (secondary N) is 1. The molecular formula is C16H15BrN6O2S2. The molecule has 0 aliphatic rings. The number of halogens is 1. The summed E-state index contributed by atoms with van der Waals surface area (Å²) in [5.41, 5.74) is 1.33. The fourth-order valence-electron chi connectivity index (χ4n) is 2.29. The Labute approximate surface area is 172 Å². The second-order valence-electron chi connectivity index (χ2n) is 5.44. The van der Waals surface area contributed by atoms with E-state index in [1.54, 1.807) is 42.1 Å². The maximum absolute atomic E-state index is 12.3. The van der Waals surface area contributed by atoms with Crippen LogP contribution in [-0.4, -0.2) is 56.8 Å². The van der Waals surface area contributed by atoms with E-state index in [1.165, 1.54) is 28.0 Å². The van der Waals surface area contributed by atoms with E-state index in [2.05, 4.69) is 36.8 Å². The summed E-state index contributed by atoms with van der Waals surface area (Å²) in [6, 6.07) is 10.7. The van der Waals surface area contributed by atoms with Gasteiger partial charge >= 0.3 is 0 Å². The van der Waals surface area contributed by atoms with E-state index >= 15 is 0 Å². The van der Waals surface area contributed by atoms with Crippen molar-refractivity contribution in [3.63, 3.8) is 0 Å². The highest BCUT2D eigenvalue weighted by atomic mass is 79.9. The third kappa shape index (κ3) is 4.73. The van der Waals surface area contributed by atoms with Crippen molar-refractivity contribution in [3.8, 4) is 5.69 Å². The standard InChI is InChI=1S/C16H15BrN6O2S2/c1-22(15(25)12-6-7-13(17)27-12)9-14(24)18-10-4-3-5-11(8-10)23-16(26-2)19-20-21-23/h3-8H,9H2,1-2H3,(H,18,24). The molecule has 0 bridgehead atoms. The van der Waals surface area contributed by atoms with Crippen molar-refractivity contribution in [2.75, 3.05) is 25.2 Å². The molecule has 11 heteroatoms. The van der Waals surface area contributed by atoms with E-state index in [4.69, 9.17) is 0 Å². The van der Waals surface area contributed by atoms with Crippen LogP contribution in [0.1, 0.15) is 9.67 Å². The summed E-state index contributed by atoms with van der Waals surface area (Å²) in [7, 11) is 1.60. The predicted molar refractivity (Wildman–Crippen MR) is 109 cm³/mol. The number of thioether (sulfide) groups is 1. The third-order valence-electron chi connectivity index (χ3n) is 3.51. The summed E-state index contributed by atoms with van der Waals surface area (Å²) >= 11 is 6.08. The average molecular weight is 467 g/mol. The molecule has 140 valence electrons. The zero-order valence-electron chi connectivity index (χ0n) is 14.4. The molecule has 2 aromatic heterocycles. The number of carbonyl (C=O) groups is 2. The molecule has 1 aromatic carbocycles. The first-order valence-corrected chi connectivity index (χ1v) is 10.5. The molecule has 0 unspecified atom stereocenters. The lowest BCUT2D eigenvalue weighted by Crippen LogP contribution is -2.34. The van der Waals surface area contributed by atoms with Gasteiger partial charge < -0.3 is 10.2 Å². The first kappa shape index (κ1) is 19.5. The molecule has 3 aromatic rings. The number of nitrogens with zero attached hydrogens (tertiary/aromatic N) is 5. The number of amides is 2. The van der Waals surface area contributed by atoms with Gasteiger partial charge in [0.05, 0.1) is 20.9 Å². The lowest BCUT2D eigenvalue weighted by atomic mass is 10.2. The molecule has 0 aliphatic carbocycles. The predicted octanol–water partition coefficient (Wildman–Crippen LogP) is 2.92. The lowest BCUT2D eigenvalue weighted by Gasteiger charge is -2.16. The molecule has 0 fully saturated rings. The van der Waals surface area contributed by atoms with Gasteiger partial charge in [0.25, 0.3) is 5.91 Å². The minimum atomic E-state index is -0.291. The van der Waals surface area contributed by atoms with Gasteiger partial charge in [-0.2, -0.15) is 4.68 Å². The molecule has 0 atom stereocenters. The topological polar surface area (TPSA) is 93.0 Å². The van der Waals surface area contributed by atoms with Crippen LogP contribution in [0.2, 0.25) is 0 Å². The van der Waals surface area contributed by atoms with Gasteiger partial charge in [0.15, 0.2) is 0 Å². The summed E-state index contributed by atoms with van der Waals surface area (Å²) in [6.07, 6.45) is 1.88. The summed E-state index contributed by atoms with van der Waals surface area (Å²) < 4.78 is 2.46. The number of anilines is 1. The van der Waals surface area contributed by atoms with Crippen LogP contribution in [0, 0.1) is 0 Å². The van der Waals surface area contributed by atoms with Crippen molar-refractivity contribution in [3.05, 3.63) is 45.1 Å². The SMILES string of the molecule is CSc1nnnn1-c1cccc(NC(=O)CN(C)C(=O)c2ccc(Br)s2)c1. The molecule has 1 N–H and O–H groups in total. The van der Waals surface area contributed by atoms with Crippen molar-refractivity contribution >= 4 is 56.5 Å². The van der Waals surface area contributed by atoms with E-state index in [9.17, 15) is 9.59 Å². The van der Waals surface area contributed by atoms with Crippen molar-refractivity contribution in [2.24, 2.45) is 0 Å².